The highest BCUT2D eigenvalue weighted by Crippen LogP contribution is 2.12. The molecule has 0 spiro atoms. The standard InChI is InChI=1S/C10H7NO2/c1-2-10(12)8-3-5-9(6-4-8)13-7-11/h2-6H,1H2. The van der Waals surface area contributed by atoms with Crippen LogP contribution in [-0.4, -0.2) is 5.78 Å². The van der Waals surface area contributed by atoms with Crippen molar-refractivity contribution >= 4 is 5.78 Å². The van der Waals surface area contributed by atoms with Crippen LogP contribution in [-0.2, 0) is 0 Å². The molecule has 1 aromatic carbocycles. The number of nitrogens with zero attached hydrogens (tertiary/aromatic N) is 1. The minimum absolute atomic E-state index is 0.150. The van der Waals surface area contributed by atoms with Gasteiger partial charge in [-0.2, -0.15) is 0 Å². The van der Waals surface area contributed by atoms with Gasteiger partial charge in [-0.25, -0.2) is 0 Å². The van der Waals surface area contributed by atoms with E-state index in [9.17, 15) is 4.79 Å². The molecular formula is C10H7NO2. The highest BCUT2D eigenvalue weighted by molar-refractivity contribution is 6.04. The molecule has 0 N–H and O–H groups in total. The number of rotatable bonds is 3. The number of nitriles is 1. The molecule has 0 aliphatic rings. The van der Waals surface area contributed by atoms with Gasteiger partial charge in [0.25, 0.3) is 6.26 Å². The molecule has 1 aromatic rings. The second-order valence-corrected chi connectivity index (χ2v) is 2.29. The quantitative estimate of drug-likeness (QED) is 0.398. The van der Waals surface area contributed by atoms with E-state index < -0.39 is 0 Å². The van der Waals surface area contributed by atoms with Gasteiger partial charge in [0.1, 0.15) is 5.75 Å². The van der Waals surface area contributed by atoms with Gasteiger partial charge in [-0.3, -0.25) is 4.79 Å². The first-order valence-electron chi connectivity index (χ1n) is 3.60. The predicted molar refractivity (Wildman–Crippen MR) is 47.2 cm³/mol. The summed E-state index contributed by atoms with van der Waals surface area (Å²) < 4.78 is 4.54. The summed E-state index contributed by atoms with van der Waals surface area (Å²) in [4.78, 5) is 11.1. The first kappa shape index (κ1) is 9.01. The molecule has 0 atom stereocenters. The summed E-state index contributed by atoms with van der Waals surface area (Å²) in [7, 11) is 0. The van der Waals surface area contributed by atoms with Crippen LogP contribution in [0.5, 0.6) is 5.75 Å². The summed E-state index contributed by atoms with van der Waals surface area (Å²) in [6, 6.07) is 6.27. The van der Waals surface area contributed by atoms with Crippen LogP contribution in [0.1, 0.15) is 10.4 Å². The maximum Gasteiger partial charge on any atom is 0.292 e. The highest BCUT2D eigenvalue weighted by atomic mass is 16.5. The van der Waals surface area contributed by atoms with Crippen molar-refractivity contribution in [2.24, 2.45) is 0 Å². The Labute approximate surface area is 75.9 Å². The first-order chi connectivity index (χ1) is 6.27. The lowest BCUT2D eigenvalue weighted by Crippen LogP contribution is -1.92. The molecular weight excluding hydrogens is 166 g/mol. The Morgan fingerprint density at radius 1 is 1.46 bits per heavy atom. The van der Waals surface area contributed by atoms with Crippen LogP contribution in [0.3, 0.4) is 0 Å². The van der Waals surface area contributed by atoms with Gasteiger partial charge in [0.2, 0.25) is 0 Å². The summed E-state index contributed by atoms with van der Waals surface area (Å²) in [5.41, 5.74) is 0.528. The SMILES string of the molecule is C=CC(=O)c1ccc(OC#N)cc1. The van der Waals surface area contributed by atoms with E-state index in [0.717, 1.165) is 0 Å². The van der Waals surface area contributed by atoms with Gasteiger partial charge in [0, 0.05) is 5.56 Å². The van der Waals surface area contributed by atoms with Crippen molar-refractivity contribution in [1.82, 2.24) is 0 Å². The Bertz CT molecular complexity index is 360. The van der Waals surface area contributed by atoms with E-state index in [1.54, 1.807) is 30.5 Å². The maximum atomic E-state index is 11.1. The molecule has 0 saturated heterocycles. The minimum atomic E-state index is -0.150. The Balaban J connectivity index is 2.88. The summed E-state index contributed by atoms with van der Waals surface area (Å²) in [5, 5.41) is 8.19. The number of hydrogen-bond donors (Lipinski definition) is 0. The molecule has 0 amide bonds. The normalized spacial score (nSPS) is 8.54. The number of carbonyl (C=O) groups is 1. The summed E-state index contributed by atoms with van der Waals surface area (Å²) in [6.07, 6.45) is 2.78. The van der Waals surface area contributed by atoms with Crippen LogP contribution < -0.4 is 4.74 Å². The number of benzene rings is 1. The molecule has 0 unspecified atom stereocenters. The number of allylic oxidation sites excluding steroid dienone is 1. The van der Waals surface area contributed by atoms with Crippen LogP contribution >= 0.6 is 0 Å². The summed E-state index contributed by atoms with van der Waals surface area (Å²) in [5.74, 6) is 0.270. The van der Waals surface area contributed by atoms with E-state index in [2.05, 4.69) is 11.3 Å². The van der Waals surface area contributed by atoms with Crippen molar-refractivity contribution < 1.29 is 9.53 Å². The van der Waals surface area contributed by atoms with Gasteiger partial charge in [-0.1, -0.05) is 6.58 Å². The largest absolute Gasteiger partial charge is 0.388 e. The lowest BCUT2D eigenvalue weighted by molar-refractivity contribution is 0.104. The third-order valence-corrected chi connectivity index (χ3v) is 1.49. The molecule has 0 aliphatic heterocycles. The van der Waals surface area contributed by atoms with E-state index >= 15 is 0 Å². The molecule has 13 heavy (non-hydrogen) atoms. The summed E-state index contributed by atoms with van der Waals surface area (Å²) in [6.45, 7) is 3.36. The number of carbonyl (C=O) groups excluding carboxylic acids is 1. The number of ketones is 1. The van der Waals surface area contributed by atoms with Gasteiger partial charge in [0.05, 0.1) is 0 Å². The highest BCUT2D eigenvalue weighted by Gasteiger charge is 2.00. The van der Waals surface area contributed by atoms with Gasteiger partial charge in [-0.05, 0) is 30.3 Å². The topological polar surface area (TPSA) is 50.1 Å². The van der Waals surface area contributed by atoms with Crippen molar-refractivity contribution in [3.05, 3.63) is 42.5 Å². The summed E-state index contributed by atoms with van der Waals surface area (Å²) >= 11 is 0. The molecule has 64 valence electrons. The monoisotopic (exact) mass is 173 g/mol. The zero-order valence-corrected chi connectivity index (χ0v) is 6.86. The lowest BCUT2D eigenvalue weighted by atomic mass is 10.1. The maximum absolute atomic E-state index is 11.1. The third kappa shape index (κ3) is 2.17. The van der Waals surface area contributed by atoms with Crippen LogP contribution in [0.4, 0.5) is 0 Å². The fourth-order valence-corrected chi connectivity index (χ4v) is 0.858. The van der Waals surface area contributed by atoms with Crippen LogP contribution in [0.2, 0.25) is 0 Å². The fourth-order valence-electron chi connectivity index (χ4n) is 0.858. The van der Waals surface area contributed by atoms with Crippen molar-refractivity contribution in [1.29, 1.82) is 5.26 Å². The molecule has 0 saturated carbocycles. The first-order valence-corrected chi connectivity index (χ1v) is 3.60. The Kier molecular flexibility index (Phi) is 2.82. The molecule has 0 aliphatic carbocycles. The van der Waals surface area contributed by atoms with E-state index in [1.807, 2.05) is 0 Å². The lowest BCUT2D eigenvalue weighted by Gasteiger charge is -1.96. The smallest absolute Gasteiger partial charge is 0.292 e. The fraction of sp³-hybridized carbons (Fsp3) is 0. The van der Waals surface area contributed by atoms with Crippen LogP contribution in [0.15, 0.2) is 36.9 Å². The van der Waals surface area contributed by atoms with E-state index in [1.165, 1.54) is 6.08 Å². The Hall–Kier alpha value is -2.08. The Morgan fingerprint density at radius 2 is 2.08 bits per heavy atom. The molecule has 0 heterocycles. The van der Waals surface area contributed by atoms with E-state index in [0.29, 0.717) is 11.3 Å². The molecule has 1 rings (SSSR count). The molecule has 0 aromatic heterocycles. The van der Waals surface area contributed by atoms with Gasteiger partial charge < -0.3 is 4.74 Å². The van der Waals surface area contributed by atoms with Crippen molar-refractivity contribution in [3.63, 3.8) is 0 Å². The molecule has 0 fully saturated rings. The zero-order valence-electron chi connectivity index (χ0n) is 6.86. The second-order valence-electron chi connectivity index (χ2n) is 2.29. The van der Waals surface area contributed by atoms with E-state index in [4.69, 9.17) is 5.26 Å². The molecule has 3 nitrogen and oxygen atoms in total. The van der Waals surface area contributed by atoms with Crippen molar-refractivity contribution in [2.45, 2.75) is 0 Å². The van der Waals surface area contributed by atoms with Crippen molar-refractivity contribution in [2.75, 3.05) is 0 Å². The number of ether oxygens (including phenoxy) is 1. The van der Waals surface area contributed by atoms with Gasteiger partial charge >= 0.3 is 0 Å². The second kappa shape index (κ2) is 4.07. The average molecular weight is 173 g/mol. The average Bonchev–Trinajstić information content (AvgIpc) is 2.18. The third-order valence-electron chi connectivity index (χ3n) is 1.49. The van der Waals surface area contributed by atoms with Gasteiger partial charge in [-0.15, -0.1) is 5.26 Å². The van der Waals surface area contributed by atoms with Crippen LogP contribution in [0.25, 0.3) is 0 Å². The minimum Gasteiger partial charge on any atom is -0.388 e. The molecule has 0 bridgehead atoms. The van der Waals surface area contributed by atoms with E-state index in [-0.39, 0.29) is 5.78 Å². The molecule has 0 radical (unpaired) electrons. The predicted octanol–water partition coefficient (Wildman–Crippen LogP) is 1.92. The Morgan fingerprint density at radius 3 is 2.54 bits per heavy atom. The van der Waals surface area contributed by atoms with Crippen LogP contribution in [0, 0.1) is 11.5 Å². The molecule has 3 heteroatoms. The van der Waals surface area contributed by atoms with Crippen molar-refractivity contribution in [3.8, 4) is 12.0 Å². The van der Waals surface area contributed by atoms with Gasteiger partial charge in [0.15, 0.2) is 5.78 Å². The number of hydrogen-bond acceptors (Lipinski definition) is 3. The zero-order chi connectivity index (χ0) is 9.68.